The van der Waals surface area contributed by atoms with Crippen molar-refractivity contribution in [2.24, 2.45) is 11.3 Å². The molecule has 0 unspecified atom stereocenters. The SMILES string of the molecule is [CH2][C@@]1(C)CCC[C@]2(C)c3cc(O)ccc3CC[C@@H]12. The van der Waals surface area contributed by atoms with Crippen LogP contribution in [0.3, 0.4) is 0 Å². The maximum atomic E-state index is 9.81. The molecular formula is C17H23O. The third kappa shape index (κ3) is 1.60. The lowest BCUT2D eigenvalue weighted by atomic mass is 9.50. The highest BCUT2D eigenvalue weighted by Crippen LogP contribution is 2.57. The van der Waals surface area contributed by atoms with Gasteiger partial charge in [0.1, 0.15) is 5.75 Å². The van der Waals surface area contributed by atoms with Gasteiger partial charge in [0.15, 0.2) is 0 Å². The summed E-state index contributed by atoms with van der Waals surface area (Å²) < 4.78 is 0. The topological polar surface area (TPSA) is 20.2 Å². The van der Waals surface area contributed by atoms with Crippen LogP contribution in [0.25, 0.3) is 0 Å². The van der Waals surface area contributed by atoms with Gasteiger partial charge in [0, 0.05) is 0 Å². The normalized spacial score (nSPS) is 33.6. The van der Waals surface area contributed by atoms with Crippen molar-refractivity contribution in [3.8, 4) is 5.75 Å². The number of aryl methyl sites for hydroxylation is 1. The number of phenolic OH excluding ortho intramolecular Hbond substituents is 1. The van der Waals surface area contributed by atoms with Crippen LogP contribution in [0.1, 0.15) is 50.7 Å². The van der Waals surface area contributed by atoms with Crippen molar-refractivity contribution in [1.29, 1.82) is 0 Å². The molecule has 0 spiro atoms. The van der Waals surface area contributed by atoms with Gasteiger partial charge in [0.05, 0.1) is 0 Å². The Bertz CT molecular complexity index is 474. The van der Waals surface area contributed by atoms with Gasteiger partial charge in [0.2, 0.25) is 0 Å². The Kier molecular flexibility index (Phi) is 2.52. The molecule has 1 saturated carbocycles. The molecule has 3 atom stereocenters. The van der Waals surface area contributed by atoms with E-state index in [0.717, 1.165) is 6.42 Å². The zero-order valence-electron chi connectivity index (χ0n) is 11.5. The first-order chi connectivity index (χ1) is 8.43. The highest BCUT2D eigenvalue weighted by Gasteiger charge is 2.49. The van der Waals surface area contributed by atoms with Crippen molar-refractivity contribution >= 4 is 0 Å². The van der Waals surface area contributed by atoms with E-state index in [1.54, 1.807) is 0 Å². The van der Waals surface area contributed by atoms with Crippen LogP contribution in [0.5, 0.6) is 5.75 Å². The first-order valence-electron chi connectivity index (χ1n) is 7.11. The molecule has 0 amide bonds. The monoisotopic (exact) mass is 243 g/mol. The lowest BCUT2D eigenvalue weighted by Crippen LogP contribution is -2.47. The first-order valence-corrected chi connectivity index (χ1v) is 7.11. The Morgan fingerprint density at radius 2 is 2.06 bits per heavy atom. The van der Waals surface area contributed by atoms with Gasteiger partial charge in [0.25, 0.3) is 0 Å². The number of fused-ring (bicyclic) bond motifs is 3. The molecule has 1 aromatic rings. The number of benzene rings is 1. The zero-order valence-corrected chi connectivity index (χ0v) is 11.5. The molecule has 0 aliphatic heterocycles. The van der Waals surface area contributed by atoms with Gasteiger partial charge < -0.3 is 5.11 Å². The summed E-state index contributed by atoms with van der Waals surface area (Å²) in [7, 11) is 0. The van der Waals surface area contributed by atoms with Crippen LogP contribution in [-0.2, 0) is 11.8 Å². The van der Waals surface area contributed by atoms with E-state index in [1.807, 2.05) is 12.1 Å². The predicted molar refractivity (Wildman–Crippen MR) is 74.6 cm³/mol. The molecule has 0 aromatic heterocycles. The van der Waals surface area contributed by atoms with Crippen molar-refractivity contribution < 1.29 is 5.11 Å². The molecule has 0 bridgehead atoms. The van der Waals surface area contributed by atoms with Crippen molar-refractivity contribution in [1.82, 2.24) is 0 Å². The van der Waals surface area contributed by atoms with Gasteiger partial charge in [-0.1, -0.05) is 26.3 Å². The van der Waals surface area contributed by atoms with Gasteiger partial charge in [-0.3, -0.25) is 0 Å². The molecular weight excluding hydrogens is 220 g/mol. The Morgan fingerprint density at radius 3 is 2.83 bits per heavy atom. The smallest absolute Gasteiger partial charge is 0.115 e. The number of rotatable bonds is 0. The third-order valence-corrected chi connectivity index (χ3v) is 5.47. The van der Waals surface area contributed by atoms with Crippen LogP contribution in [0.4, 0.5) is 0 Å². The molecule has 0 heterocycles. The molecule has 1 radical (unpaired) electrons. The van der Waals surface area contributed by atoms with E-state index >= 15 is 0 Å². The molecule has 3 rings (SSSR count). The number of hydrogen-bond donors (Lipinski definition) is 1. The Hall–Kier alpha value is -0.980. The standard InChI is InChI=1S/C17H23O/c1-16(2)9-4-10-17(3)14-11-13(18)7-5-12(14)6-8-15(16)17/h5,7,11,15,18H,1,4,6,8-10H2,2-3H3/t15-,16+,17+/m0/s1. The maximum Gasteiger partial charge on any atom is 0.115 e. The summed E-state index contributed by atoms with van der Waals surface area (Å²) in [6.45, 7) is 9.20. The lowest BCUT2D eigenvalue weighted by Gasteiger charge is -2.54. The Balaban J connectivity index is 2.13. The van der Waals surface area contributed by atoms with Crippen molar-refractivity contribution in [3.05, 3.63) is 36.2 Å². The summed E-state index contributed by atoms with van der Waals surface area (Å²) in [6.07, 6.45) is 6.11. The highest BCUT2D eigenvalue weighted by molar-refractivity contribution is 5.43. The first kappa shape index (κ1) is 12.1. The van der Waals surface area contributed by atoms with Gasteiger partial charge >= 0.3 is 0 Å². The second-order valence-electron chi connectivity index (χ2n) is 6.86. The largest absolute Gasteiger partial charge is 0.508 e. The minimum Gasteiger partial charge on any atom is -0.508 e. The molecule has 2 aliphatic rings. The summed E-state index contributed by atoms with van der Waals surface area (Å²) in [5, 5.41) is 9.81. The molecule has 1 N–H and O–H groups in total. The summed E-state index contributed by atoms with van der Waals surface area (Å²) in [4.78, 5) is 0. The van der Waals surface area contributed by atoms with Gasteiger partial charge in [-0.05, 0) is 72.6 Å². The van der Waals surface area contributed by atoms with E-state index in [4.69, 9.17) is 0 Å². The quantitative estimate of drug-likeness (QED) is 0.722. The Labute approximate surface area is 110 Å². The lowest BCUT2D eigenvalue weighted by molar-refractivity contribution is 0.0608. The van der Waals surface area contributed by atoms with Crippen LogP contribution in [-0.4, -0.2) is 5.11 Å². The molecule has 97 valence electrons. The zero-order chi connectivity index (χ0) is 13.0. The third-order valence-electron chi connectivity index (χ3n) is 5.47. The van der Waals surface area contributed by atoms with Gasteiger partial charge in [-0.2, -0.15) is 0 Å². The molecule has 1 nitrogen and oxygen atoms in total. The second-order valence-corrected chi connectivity index (χ2v) is 6.86. The minimum atomic E-state index is 0.191. The minimum absolute atomic E-state index is 0.191. The molecule has 18 heavy (non-hydrogen) atoms. The Morgan fingerprint density at radius 1 is 1.28 bits per heavy atom. The number of hydrogen-bond acceptors (Lipinski definition) is 1. The second kappa shape index (κ2) is 3.76. The van der Waals surface area contributed by atoms with Crippen LogP contribution in [0, 0.1) is 18.3 Å². The van der Waals surface area contributed by atoms with Gasteiger partial charge in [-0.25, -0.2) is 0 Å². The number of aromatic hydroxyl groups is 1. The fraction of sp³-hybridized carbons (Fsp3) is 0.588. The summed E-state index contributed by atoms with van der Waals surface area (Å²) in [5.41, 5.74) is 3.22. The molecule has 1 fully saturated rings. The predicted octanol–water partition coefficient (Wildman–Crippen LogP) is 4.24. The van der Waals surface area contributed by atoms with E-state index < -0.39 is 0 Å². The van der Waals surface area contributed by atoms with Crippen molar-refractivity contribution in [2.45, 2.75) is 51.4 Å². The maximum absolute atomic E-state index is 9.81. The number of phenols is 1. The molecule has 0 saturated heterocycles. The van der Waals surface area contributed by atoms with Crippen LogP contribution >= 0.6 is 0 Å². The molecule has 1 heteroatoms. The average Bonchev–Trinajstić information content (AvgIpc) is 2.29. The van der Waals surface area contributed by atoms with Crippen molar-refractivity contribution in [3.63, 3.8) is 0 Å². The van der Waals surface area contributed by atoms with E-state index in [9.17, 15) is 5.11 Å². The molecule has 1 aromatic carbocycles. The summed E-state index contributed by atoms with van der Waals surface area (Å²) in [6, 6.07) is 5.94. The van der Waals surface area contributed by atoms with E-state index in [0.29, 0.717) is 11.7 Å². The van der Waals surface area contributed by atoms with Crippen LogP contribution < -0.4 is 0 Å². The average molecular weight is 243 g/mol. The van der Waals surface area contributed by atoms with E-state index in [-0.39, 0.29) is 10.8 Å². The van der Waals surface area contributed by atoms with Gasteiger partial charge in [-0.15, -0.1) is 0 Å². The van der Waals surface area contributed by atoms with Crippen LogP contribution in [0.2, 0.25) is 0 Å². The fourth-order valence-electron chi connectivity index (χ4n) is 4.58. The fourth-order valence-corrected chi connectivity index (χ4v) is 4.58. The van der Waals surface area contributed by atoms with Crippen LogP contribution in [0.15, 0.2) is 18.2 Å². The molecule has 2 aliphatic carbocycles. The summed E-state index contributed by atoms with van der Waals surface area (Å²) >= 11 is 0. The van der Waals surface area contributed by atoms with E-state index in [2.05, 4.69) is 26.8 Å². The summed E-state index contributed by atoms with van der Waals surface area (Å²) in [5.74, 6) is 1.06. The van der Waals surface area contributed by atoms with E-state index in [1.165, 1.54) is 36.8 Å². The van der Waals surface area contributed by atoms with Crippen molar-refractivity contribution in [2.75, 3.05) is 0 Å². The highest BCUT2D eigenvalue weighted by atomic mass is 16.3.